The van der Waals surface area contributed by atoms with Crippen molar-refractivity contribution in [2.75, 3.05) is 12.8 Å². The third-order valence-corrected chi connectivity index (χ3v) is 8.31. The normalized spacial score (nSPS) is 16.5. The summed E-state index contributed by atoms with van der Waals surface area (Å²) in [7, 11) is 1.88. The van der Waals surface area contributed by atoms with Crippen molar-refractivity contribution in [3.8, 4) is 0 Å². The second-order valence-corrected chi connectivity index (χ2v) is 10.3. The Kier molecular flexibility index (Phi) is 5.53. The van der Waals surface area contributed by atoms with Crippen molar-refractivity contribution in [1.82, 2.24) is 14.9 Å². The van der Waals surface area contributed by atoms with Gasteiger partial charge in [0.25, 0.3) is 0 Å². The molecule has 0 N–H and O–H groups in total. The fraction of sp³-hybridized carbons (Fsp3) is 0.450. The van der Waals surface area contributed by atoms with Crippen molar-refractivity contribution in [1.29, 1.82) is 0 Å². The van der Waals surface area contributed by atoms with Crippen LogP contribution in [0.4, 0.5) is 0 Å². The van der Waals surface area contributed by atoms with Crippen LogP contribution in [0.2, 0.25) is 0 Å². The molecule has 0 unspecified atom stereocenters. The van der Waals surface area contributed by atoms with E-state index in [4.69, 9.17) is 0 Å². The number of aromatic nitrogens is 2. The topological polar surface area (TPSA) is 46.1 Å². The lowest BCUT2D eigenvalue weighted by Crippen LogP contribution is -2.27. The Morgan fingerprint density at radius 3 is 3.04 bits per heavy atom. The number of fused-ring (bicyclic) bond motifs is 3. The largest absolute Gasteiger partial charge is 0.340 e. The van der Waals surface area contributed by atoms with Crippen LogP contribution in [0.5, 0.6) is 0 Å². The number of thiophene rings is 2. The van der Waals surface area contributed by atoms with E-state index in [1.807, 2.05) is 11.9 Å². The molecule has 0 fully saturated rings. The van der Waals surface area contributed by atoms with Crippen LogP contribution in [0, 0.1) is 12.8 Å². The van der Waals surface area contributed by atoms with Gasteiger partial charge in [0.05, 0.1) is 12.3 Å². The van der Waals surface area contributed by atoms with Crippen molar-refractivity contribution in [2.24, 2.45) is 5.92 Å². The molecule has 27 heavy (non-hydrogen) atoms. The Labute approximate surface area is 172 Å². The van der Waals surface area contributed by atoms with E-state index >= 15 is 0 Å². The van der Waals surface area contributed by atoms with E-state index in [9.17, 15) is 4.79 Å². The first-order chi connectivity index (χ1) is 13.0. The second-order valence-electron chi connectivity index (χ2n) is 7.28. The number of amides is 1. The quantitative estimate of drug-likeness (QED) is 0.436. The maximum atomic E-state index is 12.6. The van der Waals surface area contributed by atoms with Gasteiger partial charge in [-0.05, 0) is 54.7 Å². The molecule has 3 heterocycles. The molecular weight excluding hydrogens is 394 g/mol. The average Bonchev–Trinajstić information content (AvgIpc) is 3.22. The highest BCUT2D eigenvalue weighted by atomic mass is 32.2. The van der Waals surface area contributed by atoms with Crippen LogP contribution in [0.3, 0.4) is 0 Å². The minimum Gasteiger partial charge on any atom is -0.340 e. The number of carbonyl (C=O) groups is 1. The van der Waals surface area contributed by atoms with Crippen molar-refractivity contribution in [2.45, 2.75) is 44.7 Å². The van der Waals surface area contributed by atoms with Crippen LogP contribution in [-0.2, 0) is 24.2 Å². The lowest BCUT2D eigenvalue weighted by Gasteiger charge is -2.18. The standard InChI is InChI=1S/C20H23N3OS3/c1-12-4-5-14-15(8-12)27-20-18(14)19(21-11-22-20)26-10-17(24)23(3)9-16-13(2)6-7-25-16/h6-7,11-12H,4-5,8-10H2,1-3H3/t12-/m1/s1. The summed E-state index contributed by atoms with van der Waals surface area (Å²) in [5.74, 6) is 1.29. The summed E-state index contributed by atoms with van der Waals surface area (Å²) in [5, 5.41) is 4.23. The molecule has 3 aromatic heterocycles. The first kappa shape index (κ1) is 18.9. The van der Waals surface area contributed by atoms with Gasteiger partial charge in [0.1, 0.15) is 16.2 Å². The highest BCUT2D eigenvalue weighted by Gasteiger charge is 2.23. The lowest BCUT2D eigenvalue weighted by molar-refractivity contribution is -0.127. The predicted octanol–water partition coefficient (Wildman–Crippen LogP) is 4.94. The number of carbonyl (C=O) groups excluding carboxylic acids is 1. The van der Waals surface area contributed by atoms with Gasteiger partial charge in [-0.2, -0.15) is 0 Å². The van der Waals surface area contributed by atoms with Crippen LogP contribution in [0.1, 0.15) is 34.2 Å². The van der Waals surface area contributed by atoms with Crippen molar-refractivity contribution >= 4 is 50.6 Å². The van der Waals surface area contributed by atoms with Gasteiger partial charge < -0.3 is 4.90 Å². The van der Waals surface area contributed by atoms with E-state index in [0.717, 1.165) is 28.6 Å². The second kappa shape index (κ2) is 7.89. The van der Waals surface area contributed by atoms with Crippen LogP contribution >= 0.6 is 34.4 Å². The third-order valence-electron chi connectivity index (χ3n) is 5.16. The number of hydrogen-bond acceptors (Lipinski definition) is 6. The molecule has 0 aromatic carbocycles. The highest BCUT2D eigenvalue weighted by Crippen LogP contribution is 2.40. The molecular formula is C20H23N3OS3. The molecule has 0 spiro atoms. The average molecular weight is 418 g/mol. The minimum atomic E-state index is 0.136. The van der Waals surface area contributed by atoms with Gasteiger partial charge in [0, 0.05) is 22.2 Å². The zero-order valence-electron chi connectivity index (χ0n) is 15.8. The molecule has 4 nitrogen and oxygen atoms in total. The molecule has 0 radical (unpaired) electrons. The number of nitrogens with zero attached hydrogens (tertiary/aromatic N) is 3. The van der Waals surface area contributed by atoms with E-state index in [-0.39, 0.29) is 5.91 Å². The highest BCUT2D eigenvalue weighted by molar-refractivity contribution is 8.00. The van der Waals surface area contributed by atoms with Gasteiger partial charge in [-0.3, -0.25) is 4.79 Å². The molecule has 0 saturated carbocycles. The molecule has 0 bridgehead atoms. The maximum Gasteiger partial charge on any atom is 0.233 e. The minimum absolute atomic E-state index is 0.136. The van der Waals surface area contributed by atoms with E-state index < -0.39 is 0 Å². The molecule has 0 aliphatic heterocycles. The maximum absolute atomic E-state index is 12.6. The zero-order valence-corrected chi connectivity index (χ0v) is 18.3. The summed E-state index contributed by atoms with van der Waals surface area (Å²) < 4.78 is 0. The van der Waals surface area contributed by atoms with Crippen molar-refractivity contribution < 1.29 is 4.79 Å². The first-order valence-electron chi connectivity index (χ1n) is 9.18. The monoisotopic (exact) mass is 417 g/mol. The summed E-state index contributed by atoms with van der Waals surface area (Å²) in [6.07, 6.45) is 5.10. The molecule has 3 aromatic rings. The summed E-state index contributed by atoms with van der Waals surface area (Å²) in [4.78, 5) is 27.2. The smallest absolute Gasteiger partial charge is 0.233 e. The Hall–Kier alpha value is -1.44. The number of thioether (sulfide) groups is 1. The van der Waals surface area contributed by atoms with Gasteiger partial charge >= 0.3 is 0 Å². The number of aryl methyl sites for hydroxylation is 2. The molecule has 1 aliphatic carbocycles. The van der Waals surface area contributed by atoms with E-state index in [2.05, 4.69) is 35.3 Å². The summed E-state index contributed by atoms with van der Waals surface area (Å²) in [6, 6.07) is 2.10. The Bertz CT molecular complexity index is 978. The van der Waals surface area contributed by atoms with Gasteiger partial charge in [0.15, 0.2) is 0 Å². The fourth-order valence-corrected chi connectivity index (χ4v) is 6.81. The SMILES string of the molecule is Cc1ccsc1CN(C)C(=O)CSc1ncnc2sc3c(c12)CC[C@@H](C)C3. The fourth-order valence-electron chi connectivity index (χ4n) is 3.47. The first-order valence-corrected chi connectivity index (χ1v) is 11.9. The summed E-state index contributed by atoms with van der Waals surface area (Å²) in [5.41, 5.74) is 2.68. The molecule has 1 amide bonds. The van der Waals surface area contributed by atoms with Gasteiger partial charge in [-0.1, -0.05) is 18.7 Å². The van der Waals surface area contributed by atoms with Crippen LogP contribution in [-0.4, -0.2) is 33.6 Å². The van der Waals surface area contributed by atoms with Crippen LogP contribution < -0.4 is 0 Å². The Morgan fingerprint density at radius 2 is 2.26 bits per heavy atom. The van der Waals surface area contributed by atoms with Crippen molar-refractivity contribution in [3.05, 3.63) is 38.7 Å². The van der Waals surface area contributed by atoms with Gasteiger partial charge in [0.2, 0.25) is 5.91 Å². The number of rotatable bonds is 5. The Morgan fingerprint density at radius 1 is 1.41 bits per heavy atom. The van der Waals surface area contributed by atoms with Gasteiger partial charge in [-0.25, -0.2) is 9.97 Å². The summed E-state index contributed by atoms with van der Waals surface area (Å²) >= 11 is 5.06. The molecule has 1 atom stereocenters. The molecule has 142 valence electrons. The van der Waals surface area contributed by atoms with Crippen LogP contribution in [0.25, 0.3) is 10.2 Å². The van der Waals surface area contributed by atoms with Crippen LogP contribution in [0.15, 0.2) is 22.8 Å². The van der Waals surface area contributed by atoms with E-state index in [1.54, 1.807) is 40.8 Å². The molecule has 0 saturated heterocycles. The third kappa shape index (κ3) is 3.91. The lowest BCUT2D eigenvalue weighted by atomic mass is 9.89. The zero-order chi connectivity index (χ0) is 19.0. The van der Waals surface area contributed by atoms with Crippen molar-refractivity contribution in [3.63, 3.8) is 0 Å². The molecule has 7 heteroatoms. The predicted molar refractivity (Wildman–Crippen MR) is 115 cm³/mol. The summed E-state index contributed by atoms with van der Waals surface area (Å²) in [6.45, 7) is 5.09. The van der Waals surface area contributed by atoms with Gasteiger partial charge in [-0.15, -0.1) is 22.7 Å². The molecule has 4 rings (SSSR count). The van der Waals surface area contributed by atoms with E-state index in [1.165, 1.54) is 32.7 Å². The molecule has 1 aliphatic rings. The van der Waals surface area contributed by atoms with E-state index in [0.29, 0.717) is 12.3 Å². The Balaban J connectivity index is 1.49. The number of hydrogen-bond donors (Lipinski definition) is 0.